The molecule has 1 aliphatic rings. The number of pyridine rings is 2. The molecule has 34 heavy (non-hydrogen) atoms. The van der Waals surface area contributed by atoms with Gasteiger partial charge in [-0.15, -0.1) is 11.3 Å². The number of aryl methyl sites for hydroxylation is 1. The van der Waals surface area contributed by atoms with Gasteiger partial charge in [0.2, 0.25) is 0 Å². The third kappa shape index (κ3) is 3.54. The molecule has 3 heterocycles. The number of aromatic nitrogens is 2. The summed E-state index contributed by atoms with van der Waals surface area (Å²) in [7, 11) is 0. The van der Waals surface area contributed by atoms with Gasteiger partial charge in [0.05, 0.1) is 5.69 Å². The Bertz CT molecular complexity index is 1510. The zero-order chi connectivity index (χ0) is 24.0. The molecule has 2 nitrogen and oxygen atoms in total. The Hall–Kier alpha value is -3.04. The van der Waals surface area contributed by atoms with Gasteiger partial charge in [-0.25, -0.2) is 4.98 Å². The highest BCUT2D eigenvalue weighted by Crippen LogP contribution is 2.46. The topological polar surface area (TPSA) is 25.8 Å². The molecule has 0 saturated heterocycles. The van der Waals surface area contributed by atoms with Crippen molar-refractivity contribution in [1.82, 2.24) is 9.97 Å². The highest BCUT2D eigenvalue weighted by Gasteiger charge is 2.33. The standard InChI is InChI=1S/C31H30N2S/c1-20-13-14-26-28-24(21-9-5-4-6-10-21)15-16-25(29(28)34-30(26)33-20)27-19-23(17-18-32-27)31(2,3)22-11-7-8-12-22/h4-6,9-10,13-19,22H,7-8,11-12H2,1-3H3/i1D. The fraction of sp³-hybridized carbons (Fsp3) is 0.290. The lowest BCUT2D eigenvalue weighted by Gasteiger charge is -2.32. The lowest BCUT2D eigenvalue weighted by Crippen LogP contribution is -2.26. The van der Waals surface area contributed by atoms with Crippen molar-refractivity contribution in [3.8, 4) is 22.4 Å². The summed E-state index contributed by atoms with van der Waals surface area (Å²) in [5.41, 5.74) is 6.96. The summed E-state index contributed by atoms with van der Waals surface area (Å²) in [6.07, 6.45) is 7.33. The van der Waals surface area contributed by atoms with Gasteiger partial charge in [-0.3, -0.25) is 4.98 Å². The molecule has 6 rings (SSSR count). The molecule has 0 N–H and O–H groups in total. The van der Waals surface area contributed by atoms with Crippen LogP contribution in [0.1, 0.15) is 52.2 Å². The van der Waals surface area contributed by atoms with Crippen molar-refractivity contribution >= 4 is 31.6 Å². The molecule has 1 fully saturated rings. The fourth-order valence-electron chi connectivity index (χ4n) is 5.72. The number of fused-ring (bicyclic) bond motifs is 3. The van der Waals surface area contributed by atoms with Crippen LogP contribution in [0, 0.1) is 12.8 Å². The Kier molecular flexibility index (Phi) is 4.98. The summed E-state index contributed by atoms with van der Waals surface area (Å²) in [6.45, 7) is 5.01. The van der Waals surface area contributed by atoms with E-state index in [1.165, 1.54) is 58.0 Å². The van der Waals surface area contributed by atoms with Gasteiger partial charge in [-0.05, 0) is 72.0 Å². The SMILES string of the molecule is [2H]Cc1ccc2c(n1)sc1c(-c3cc(C(C)(C)C4CCCC4)ccn3)ccc(-c3ccccc3)c12. The first-order chi connectivity index (χ1) is 17.1. The van der Waals surface area contributed by atoms with Crippen molar-refractivity contribution in [3.63, 3.8) is 0 Å². The quantitative estimate of drug-likeness (QED) is 0.266. The van der Waals surface area contributed by atoms with Crippen LogP contribution in [0.15, 0.2) is 72.9 Å². The lowest BCUT2D eigenvalue weighted by atomic mass is 9.72. The largest absolute Gasteiger partial charge is 0.256 e. The summed E-state index contributed by atoms with van der Waals surface area (Å²) < 4.78 is 9.01. The van der Waals surface area contributed by atoms with E-state index < -0.39 is 0 Å². The minimum Gasteiger partial charge on any atom is -0.256 e. The highest BCUT2D eigenvalue weighted by atomic mass is 32.1. The molecule has 0 amide bonds. The highest BCUT2D eigenvalue weighted by molar-refractivity contribution is 7.26. The van der Waals surface area contributed by atoms with Crippen molar-refractivity contribution in [2.45, 2.75) is 51.8 Å². The summed E-state index contributed by atoms with van der Waals surface area (Å²) in [6, 6.07) is 23.7. The van der Waals surface area contributed by atoms with Crippen molar-refractivity contribution in [2.24, 2.45) is 5.92 Å². The van der Waals surface area contributed by atoms with Crippen LogP contribution in [0.25, 0.3) is 42.7 Å². The number of benzene rings is 2. The molecular weight excluding hydrogens is 432 g/mol. The Morgan fingerprint density at radius 2 is 1.74 bits per heavy atom. The third-order valence-electron chi connectivity index (χ3n) is 7.78. The van der Waals surface area contributed by atoms with E-state index in [0.29, 0.717) is 0 Å². The normalized spacial score (nSPS) is 15.3. The molecule has 0 aliphatic heterocycles. The van der Waals surface area contributed by atoms with E-state index in [0.717, 1.165) is 27.5 Å². The first-order valence-electron chi connectivity index (χ1n) is 12.9. The molecule has 3 aromatic heterocycles. The Morgan fingerprint density at radius 1 is 0.941 bits per heavy atom. The van der Waals surface area contributed by atoms with E-state index in [1.54, 1.807) is 11.3 Å². The van der Waals surface area contributed by atoms with Crippen LogP contribution in [-0.2, 0) is 5.41 Å². The molecule has 0 unspecified atom stereocenters. The van der Waals surface area contributed by atoms with Crippen LogP contribution >= 0.6 is 11.3 Å². The summed E-state index contributed by atoms with van der Waals surface area (Å²) in [5.74, 6) is 0.732. The maximum atomic E-state index is 7.79. The number of hydrogen-bond donors (Lipinski definition) is 0. The summed E-state index contributed by atoms with van der Waals surface area (Å²) >= 11 is 1.73. The molecule has 5 aromatic rings. The second-order valence-corrected chi connectivity index (χ2v) is 11.1. The second kappa shape index (κ2) is 8.32. The zero-order valence-electron chi connectivity index (χ0n) is 20.8. The van der Waals surface area contributed by atoms with E-state index in [9.17, 15) is 0 Å². The molecule has 1 aliphatic carbocycles. The first kappa shape index (κ1) is 20.3. The fourth-order valence-corrected chi connectivity index (χ4v) is 6.96. The Morgan fingerprint density at radius 3 is 2.53 bits per heavy atom. The van der Waals surface area contributed by atoms with Crippen molar-refractivity contribution in [3.05, 3.63) is 84.2 Å². The predicted octanol–water partition coefficient (Wildman–Crippen LogP) is 8.95. The zero-order valence-corrected chi connectivity index (χ0v) is 20.7. The molecule has 0 atom stereocenters. The number of rotatable bonds is 4. The maximum absolute atomic E-state index is 7.79. The summed E-state index contributed by atoms with van der Waals surface area (Å²) in [4.78, 5) is 10.7. The smallest absolute Gasteiger partial charge is 0.124 e. The molecular formula is C31H30N2S. The average molecular weight is 464 g/mol. The first-order valence-corrected chi connectivity index (χ1v) is 13.0. The number of hydrogen-bond acceptors (Lipinski definition) is 3. The monoisotopic (exact) mass is 463 g/mol. The van der Waals surface area contributed by atoms with Crippen LogP contribution in [0.4, 0.5) is 0 Å². The second-order valence-electron chi connectivity index (χ2n) is 10.1. The van der Waals surface area contributed by atoms with E-state index >= 15 is 0 Å². The molecule has 0 radical (unpaired) electrons. The van der Waals surface area contributed by atoms with E-state index in [2.05, 4.69) is 74.5 Å². The Labute approximate surface area is 207 Å². The molecule has 170 valence electrons. The van der Waals surface area contributed by atoms with Crippen molar-refractivity contribution in [2.75, 3.05) is 0 Å². The molecule has 0 spiro atoms. The van der Waals surface area contributed by atoms with Gasteiger partial charge in [-0.1, -0.05) is 69.2 Å². The van der Waals surface area contributed by atoms with Gasteiger partial charge in [0.25, 0.3) is 0 Å². The van der Waals surface area contributed by atoms with Crippen LogP contribution < -0.4 is 0 Å². The van der Waals surface area contributed by atoms with Crippen LogP contribution in [-0.4, -0.2) is 9.97 Å². The van der Waals surface area contributed by atoms with Gasteiger partial charge < -0.3 is 0 Å². The van der Waals surface area contributed by atoms with E-state index in [1.807, 2.05) is 12.3 Å². The van der Waals surface area contributed by atoms with Crippen molar-refractivity contribution < 1.29 is 1.37 Å². The minimum absolute atomic E-state index is 0.141. The minimum atomic E-state index is 0.141. The lowest BCUT2D eigenvalue weighted by molar-refractivity contribution is 0.325. The molecule has 0 bridgehead atoms. The molecule has 3 heteroatoms. The number of thiophene rings is 1. The van der Waals surface area contributed by atoms with Gasteiger partial charge in [0.15, 0.2) is 0 Å². The number of nitrogens with zero attached hydrogens (tertiary/aromatic N) is 2. The van der Waals surface area contributed by atoms with Crippen LogP contribution in [0.3, 0.4) is 0 Å². The van der Waals surface area contributed by atoms with Gasteiger partial charge in [-0.2, -0.15) is 0 Å². The van der Waals surface area contributed by atoms with Crippen LogP contribution in [0.5, 0.6) is 0 Å². The van der Waals surface area contributed by atoms with Crippen LogP contribution in [0.2, 0.25) is 0 Å². The third-order valence-corrected chi connectivity index (χ3v) is 8.92. The van der Waals surface area contributed by atoms with Gasteiger partial charge in [0.1, 0.15) is 4.83 Å². The molecule has 1 saturated carbocycles. The molecule has 2 aromatic carbocycles. The Balaban J connectivity index is 1.57. The van der Waals surface area contributed by atoms with E-state index in [-0.39, 0.29) is 12.3 Å². The average Bonchev–Trinajstić information content (AvgIpc) is 3.57. The maximum Gasteiger partial charge on any atom is 0.124 e. The van der Waals surface area contributed by atoms with Gasteiger partial charge in [0, 0.05) is 34.3 Å². The van der Waals surface area contributed by atoms with Gasteiger partial charge >= 0.3 is 0 Å². The predicted molar refractivity (Wildman–Crippen MR) is 146 cm³/mol. The van der Waals surface area contributed by atoms with Crippen molar-refractivity contribution in [1.29, 1.82) is 0 Å². The van der Waals surface area contributed by atoms with E-state index in [4.69, 9.17) is 11.3 Å². The summed E-state index contributed by atoms with van der Waals surface area (Å²) in [5, 5.41) is 2.39.